The molecule has 0 aliphatic heterocycles. The van der Waals surface area contributed by atoms with Crippen LogP contribution in [0.2, 0.25) is 0 Å². The van der Waals surface area contributed by atoms with Gasteiger partial charge in [-0.1, -0.05) is 20.8 Å². The van der Waals surface area contributed by atoms with Crippen molar-refractivity contribution in [1.82, 2.24) is 4.90 Å². The Morgan fingerprint density at radius 2 is 1.92 bits per heavy atom. The Hall–Kier alpha value is -0.0800. The van der Waals surface area contributed by atoms with E-state index in [1.54, 1.807) is 0 Å². The summed E-state index contributed by atoms with van der Waals surface area (Å²) in [4.78, 5) is 2.24. The van der Waals surface area contributed by atoms with Gasteiger partial charge in [0.05, 0.1) is 0 Å². The Bertz CT molecular complexity index is 123. The third kappa shape index (κ3) is 3.11. The zero-order valence-electron chi connectivity index (χ0n) is 9.22. The highest BCUT2D eigenvalue weighted by Gasteiger charge is 2.26. The molecule has 2 nitrogen and oxygen atoms in total. The highest BCUT2D eigenvalue weighted by molar-refractivity contribution is 4.83. The normalized spacial score (nSPS) is 17.0. The second-order valence-electron chi connectivity index (χ2n) is 4.33. The highest BCUT2D eigenvalue weighted by Crippen LogP contribution is 2.25. The fourth-order valence-corrected chi connectivity index (χ4v) is 1.67. The molecule has 2 N–H and O–H groups in total. The Morgan fingerprint density at radius 3 is 2.17 bits per heavy atom. The van der Waals surface area contributed by atoms with Crippen LogP contribution in [0, 0.1) is 5.92 Å². The van der Waals surface area contributed by atoms with Gasteiger partial charge in [-0.25, -0.2) is 0 Å². The van der Waals surface area contributed by atoms with Gasteiger partial charge in [0, 0.05) is 12.2 Å². The van der Waals surface area contributed by atoms with Gasteiger partial charge < -0.3 is 5.73 Å². The number of hydrogen-bond donors (Lipinski definition) is 1. The Morgan fingerprint density at radius 1 is 1.42 bits per heavy atom. The van der Waals surface area contributed by atoms with E-state index in [0.717, 1.165) is 5.92 Å². The molecule has 74 valence electrons. The van der Waals surface area contributed by atoms with Crippen molar-refractivity contribution in [1.29, 1.82) is 0 Å². The largest absolute Gasteiger partial charge is 0.318 e. The summed E-state index contributed by atoms with van der Waals surface area (Å²) < 4.78 is 0. The average Bonchev–Trinajstić information content (AvgIpc) is 2.01. The van der Waals surface area contributed by atoms with Gasteiger partial charge in [0.15, 0.2) is 0 Å². The van der Waals surface area contributed by atoms with Crippen LogP contribution in [0.3, 0.4) is 0 Å². The SMILES string of the molecule is CCC(C)(CC(C)C)N(C)CN. The molecule has 2 heteroatoms. The maximum atomic E-state index is 5.64. The summed E-state index contributed by atoms with van der Waals surface area (Å²) in [5.74, 6) is 0.740. The molecule has 0 radical (unpaired) electrons. The number of nitrogens with two attached hydrogens (primary N) is 1. The molecule has 0 amide bonds. The maximum Gasteiger partial charge on any atom is 0.0457 e. The predicted octanol–water partition coefficient (Wildman–Crippen LogP) is 2.05. The second kappa shape index (κ2) is 4.83. The van der Waals surface area contributed by atoms with Crippen molar-refractivity contribution in [2.24, 2.45) is 11.7 Å². The lowest BCUT2D eigenvalue weighted by Crippen LogP contribution is -2.47. The molecule has 0 aromatic carbocycles. The molecule has 12 heavy (non-hydrogen) atoms. The van der Waals surface area contributed by atoms with Crippen molar-refractivity contribution in [2.45, 2.75) is 46.1 Å². The topological polar surface area (TPSA) is 29.3 Å². The molecule has 0 heterocycles. The molecule has 0 aliphatic carbocycles. The molecule has 0 aromatic rings. The van der Waals surface area contributed by atoms with Gasteiger partial charge in [-0.05, 0) is 32.7 Å². The zero-order chi connectivity index (χ0) is 9.78. The first-order valence-corrected chi connectivity index (χ1v) is 4.87. The molecule has 0 fully saturated rings. The van der Waals surface area contributed by atoms with E-state index in [2.05, 4.69) is 39.6 Å². The van der Waals surface area contributed by atoms with E-state index in [1.807, 2.05) is 0 Å². The quantitative estimate of drug-likeness (QED) is 0.643. The van der Waals surface area contributed by atoms with Crippen LogP contribution >= 0.6 is 0 Å². The van der Waals surface area contributed by atoms with Gasteiger partial charge in [0.1, 0.15) is 0 Å². The lowest BCUT2D eigenvalue weighted by atomic mass is 9.87. The zero-order valence-corrected chi connectivity index (χ0v) is 9.22. The summed E-state index contributed by atoms with van der Waals surface area (Å²) in [6.45, 7) is 9.70. The Kier molecular flexibility index (Phi) is 4.80. The van der Waals surface area contributed by atoms with Crippen LogP contribution in [-0.2, 0) is 0 Å². The van der Waals surface area contributed by atoms with E-state index in [1.165, 1.54) is 12.8 Å². The lowest BCUT2D eigenvalue weighted by Gasteiger charge is -2.38. The molecular formula is C10H24N2. The summed E-state index contributed by atoms with van der Waals surface area (Å²) in [5, 5.41) is 0. The Balaban J connectivity index is 4.22. The minimum Gasteiger partial charge on any atom is -0.318 e. The fourth-order valence-electron chi connectivity index (χ4n) is 1.67. The fraction of sp³-hybridized carbons (Fsp3) is 1.00. The summed E-state index contributed by atoms with van der Waals surface area (Å²) in [6.07, 6.45) is 2.39. The van der Waals surface area contributed by atoms with Crippen LogP contribution in [0.1, 0.15) is 40.5 Å². The molecule has 0 bridgehead atoms. The minimum absolute atomic E-state index is 0.281. The molecule has 0 aromatic heterocycles. The van der Waals surface area contributed by atoms with Gasteiger partial charge in [-0.2, -0.15) is 0 Å². The predicted molar refractivity (Wildman–Crippen MR) is 55.0 cm³/mol. The van der Waals surface area contributed by atoms with Crippen molar-refractivity contribution in [3.63, 3.8) is 0 Å². The van der Waals surface area contributed by atoms with Crippen molar-refractivity contribution in [3.8, 4) is 0 Å². The monoisotopic (exact) mass is 172 g/mol. The first-order valence-electron chi connectivity index (χ1n) is 4.87. The van der Waals surface area contributed by atoms with Crippen LogP contribution < -0.4 is 5.73 Å². The number of nitrogens with zero attached hydrogens (tertiary/aromatic N) is 1. The smallest absolute Gasteiger partial charge is 0.0457 e. The molecule has 1 atom stereocenters. The number of hydrogen-bond acceptors (Lipinski definition) is 2. The lowest BCUT2D eigenvalue weighted by molar-refractivity contribution is 0.110. The highest BCUT2D eigenvalue weighted by atomic mass is 15.2. The Labute approximate surface area is 77.1 Å². The standard InChI is InChI=1S/C10H24N2/c1-6-10(4,7-9(2)3)12(5)8-11/h9H,6-8,11H2,1-5H3. The second-order valence-corrected chi connectivity index (χ2v) is 4.33. The molecule has 1 unspecified atom stereocenters. The maximum absolute atomic E-state index is 5.64. The van der Waals surface area contributed by atoms with Gasteiger partial charge in [0.2, 0.25) is 0 Å². The van der Waals surface area contributed by atoms with E-state index in [4.69, 9.17) is 5.73 Å². The van der Waals surface area contributed by atoms with E-state index < -0.39 is 0 Å². The van der Waals surface area contributed by atoms with E-state index in [9.17, 15) is 0 Å². The minimum atomic E-state index is 0.281. The van der Waals surface area contributed by atoms with Gasteiger partial charge in [0.25, 0.3) is 0 Å². The van der Waals surface area contributed by atoms with Crippen molar-refractivity contribution < 1.29 is 0 Å². The van der Waals surface area contributed by atoms with Gasteiger partial charge in [-0.15, -0.1) is 0 Å². The average molecular weight is 172 g/mol. The summed E-state index contributed by atoms with van der Waals surface area (Å²) in [5.41, 5.74) is 5.92. The van der Waals surface area contributed by atoms with Crippen LogP contribution in [0.15, 0.2) is 0 Å². The molecule has 0 spiro atoms. The van der Waals surface area contributed by atoms with Crippen molar-refractivity contribution >= 4 is 0 Å². The molecule has 0 aliphatic rings. The molecule has 0 rings (SSSR count). The molecular weight excluding hydrogens is 148 g/mol. The first-order chi connectivity index (χ1) is 5.46. The third-order valence-corrected chi connectivity index (χ3v) is 2.81. The molecule has 0 saturated carbocycles. The van der Waals surface area contributed by atoms with E-state index >= 15 is 0 Å². The number of rotatable bonds is 5. The van der Waals surface area contributed by atoms with E-state index in [-0.39, 0.29) is 5.54 Å². The van der Waals surface area contributed by atoms with Crippen LogP contribution in [0.5, 0.6) is 0 Å². The van der Waals surface area contributed by atoms with Gasteiger partial charge in [-0.3, -0.25) is 4.90 Å². The van der Waals surface area contributed by atoms with Crippen LogP contribution in [-0.4, -0.2) is 24.2 Å². The van der Waals surface area contributed by atoms with E-state index in [0.29, 0.717) is 6.67 Å². The van der Waals surface area contributed by atoms with Crippen molar-refractivity contribution in [2.75, 3.05) is 13.7 Å². The third-order valence-electron chi connectivity index (χ3n) is 2.81. The van der Waals surface area contributed by atoms with Crippen molar-refractivity contribution in [3.05, 3.63) is 0 Å². The van der Waals surface area contributed by atoms with Gasteiger partial charge >= 0.3 is 0 Å². The summed E-state index contributed by atoms with van der Waals surface area (Å²) >= 11 is 0. The summed E-state index contributed by atoms with van der Waals surface area (Å²) in [6, 6.07) is 0. The van der Waals surface area contributed by atoms with Crippen LogP contribution in [0.25, 0.3) is 0 Å². The first kappa shape index (κ1) is 11.9. The summed E-state index contributed by atoms with van der Waals surface area (Å²) in [7, 11) is 2.10. The van der Waals surface area contributed by atoms with Crippen LogP contribution in [0.4, 0.5) is 0 Å². The molecule has 0 saturated heterocycles.